The van der Waals surface area contributed by atoms with Gasteiger partial charge in [0.1, 0.15) is 4.88 Å². The SMILES string of the molecule is Cc1nc(C)c(C(=O)N2CCNC(C)C2)s1.Cl.Cl. The number of carbonyl (C=O) groups is 1. The average molecular weight is 312 g/mol. The van der Waals surface area contributed by atoms with Crippen molar-refractivity contribution in [2.45, 2.75) is 26.8 Å². The lowest BCUT2D eigenvalue weighted by molar-refractivity contribution is 0.0713. The second-order valence-corrected chi connectivity index (χ2v) is 5.46. The normalized spacial score (nSPS) is 18.8. The van der Waals surface area contributed by atoms with E-state index in [1.165, 1.54) is 11.3 Å². The minimum atomic E-state index is 0. The van der Waals surface area contributed by atoms with E-state index in [-0.39, 0.29) is 30.7 Å². The Hall–Kier alpha value is -0.360. The number of halogens is 2. The van der Waals surface area contributed by atoms with Crippen LogP contribution in [-0.2, 0) is 0 Å². The maximum Gasteiger partial charge on any atom is 0.265 e. The standard InChI is InChI=1S/C11H17N3OS.2ClH/c1-7-6-14(5-4-12-7)11(15)10-8(2)13-9(3)16-10;;/h7,12H,4-6H2,1-3H3;2*1H. The molecule has 0 radical (unpaired) electrons. The van der Waals surface area contributed by atoms with Crippen LogP contribution in [0.1, 0.15) is 27.3 Å². The minimum Gasteiger partial charge on any atom is -0.335 e. The molecule has 1 aromatic rings. The number of hydrogen-bond acceptors (Lipinski definition) is 4. The van der Waals surface area contributed by atoms with Gasteiger partial charge < -0.3 is 10.2 Å². The number of hydrogen-bond donors (Lipinski definition) is 1. The highest BCUT2D eigenvalue weighted by molar-refractivity contribution is 7.13. The summed E-state index contributed by atoms with van der Waals surface area (Å²) in [6, 6.07) is 0.382. The van der Waals surface area contributed by atoms with Gasteiger partial charge in [0.15, 0.2) is 0 Å². The van der Waals surface area contributed by atoms with Gasteiger partial charge >= 0.3 is 0 Å². The lowest BCUT2D eigenvalue weighted by Gasteiger charge is -2.31. The molecule has 18 heavy (non-hydrogen) atoms. The van der Waals surface area contributed by atoms with Gasteiger partial charge in [0.2, 0.25) is 0 Å². The molecular weight excluding hydrogens is 293 g/mol. The molecule has 1 fully saturated rings. The van der Waals surface area contributed by atoms with Crippen LogP contribution in [0.3, 0.4) is 0 Å². The third-order valence-corrected chi connectivity index (χ3v) is 3.81. The lowest BCUT2D eigenvalue weighted by Crippen LogP contribution is -2.51. The molecule has 104 valence electrons. The monoisotopic (exact) mass is 311 g/mol. The van der Waals surface area contributed by atoms with E-state index in [0.717, 1.165) is 35.2 Å². The van der Waals surface area contributed by atoms with E-state index in [9.17, 15) is 4.79 Å². The summed E-state index contributed by atoms with van der Waals surface area (Å²) >= 11 is 1.49. The number of aryl methyl sites for hydroxylation is 2. The summed E-state index contributed by atoms with van der Waals surface area (Å²) in [6.07, 6.45) is 0. The summed E-state index contributed by atoms with van der Waals surface area (Å²) in [6.45, 7) is 8.40. The molecule has 0 aromatic carbocycles. The zero-order valence-electron chi connectivity index (χ0n) is 10.7. The fourth-order valence-corrected chi connectivity index (χ4v) is 2.88. The Morgan fingerprint density at radius 1 is 1.44 bits per heavy atom. The molecule has 1 amide bonds. The van der Waals surface area contributed by atoms with Crippen molar-refractivity contribution in [3.63, 3.8) is 0 Å². The topological polar surface area (TPSA) is 45.2 Å². The third kappa shape index (κ3) is 3.82. The van der Waals surface area contributed by atoms with Gasteiger partial charge in [-0.05, 0) is 20.8 Å². The second-order valence-electron chi connectivity index (χ2n) is 4.25. The van der Waals surface area contributed by atoms with Gasteiger partial charge in [-0.2, -0.15) is 0 Å². The van der Waals surface area contributed by atoms with E-state index in [1.807, 2.05) is 18.7 Å². The summed E-state index contributed by atoms with van der Waals surface area (Å²) in [5.41, 5.74) is 0.860. The molecule has 0 saturated carbocycles. The molecule has 1 unspecified atom stereocenters. The number of aromatic nitrogens is 1. The van der Waals surface area contributed by atoms with Gasteiger partial charge in [0, 0.05) is 25.7 Å². The predicted octanol–water partition coefficient (Wildman–Crippen LogP) is 2.04. The second kappa shape index (κ2) is 7.28. The van der Waals surface area contributed by atoms with Gasteiger partial charge in [-0.25, -0.2) is 4.98 Å². The molecule has 2 heterocycles. The number of rotatable bonds is 1. The van der Waals surface area contributed by atoms with Gasteiger partial charge in [0.05, 0.1) is 10.7 Å². The van der Waals surface area contributed by atoms with Crippen LogP contribution in [0.2, 0.25) is 0 Å². The first kappa shape index (κ1) is 17.6. The highest BCUT2D eigenvalue weighted by Crippen LogP contribution is 2.19. The zero-order chi connectivity index (χ0) is 11.7. The van der Waals surface area contributed by atoms with E-state index in [4.69, 9.17) is 0 Å². The Balaban J connectivity index is 0.00000144. The third-order valence-electron chi connectivity index (χ3n) is 2.75. The van der Waals surface area contributed by atoms with Gasteiger partial charge in [-0.15, -0.1) is 36.2 Å². The van der Waals surface area contributed by atoms with Crippen molar-refractivity contribution in [3.05, 3.63) is 15.6 Å². The van der Waals surface area contributed by atoms with Crippen molar-refractivity contribution in [1.29, 1.82) is 0 Å². The molecule has 1 aliphatic heterocycles. The molecule has 1 aliphatic rings. The minimum absolute atomic E-state index is 0. The Labute approximate surface area is 124 Å². The summed E-state index contributed by atoms with van der Waals surface area (Å²) < 4.78 is 0. The number of nitrogens with zero attached hydrogens (tertiary/aromatic N) is 2. The van der Waals surface area contributed by atoms with Gasteiger partial charge in [0.25, 0.3) is 5.91 Å². The van der Waals surface area contributed by atoms with Crippen molar-refractivity contribution >= 4 is 42.1 Å². The molecule has 0 spiro atoms. The van der Waals surface area contributed by atoms with Gasteiger partial charge in [-0.3, -0.25) is 4.79 Å². The van der Waals surface area contributed by atoms with Crippen LogP contribution >= 0.6 is 36.2 Å². The maximum atomic E-state index is 12.2. The summed E-state index contributed by atoms with van der Waals surface area (Å²) in [5, 5.41) is 4.29. The number of carbonyl (C=O) groups excluding carboxylic acids is 1. The lowest BCUT2D eigenvalue weighted by atomic mass is 10.2. The van der Waals surface area contributed by atoms with Crippen LogP contribution < -0.4 is 5.32 Å². The number of amides is 1. The van der Waals surface area contributed by atoms with Crippen molar-refractivity contribution in [2.24, 2.45) is 0 Å². The highest BCUT2D eigenvalue weighted by Gasteiger charge is 2.24. The largest absolute Gasteiger partial charge is 0.335 e. The van der Waals surface area contributed by atoms with E-state index < -0.39 is 0 Å². The van der Waals surface area contributed by atoms with Gasteiger partial charge in [-0.1, -0.05) is 0 Å². The van der Waals surface area contributed by atoms with Crippen LogP contribution in [0.25, 0.3) is 0 Å². The first-order valence-corrected chi connectivity index (χ1v) is 6.36. The van der Waals surface area contributed by atoms with Crippen molar-refractivity contribution in [2.75, 3.05) is 19.6 Å². The molecule has 0 aliphatic carbocycles. The fourth-order valence-electron chi connectivity index (χ4n) is 1.99. The Morgan fingerprint density at radius 3 is 2.61 bits per heavy atom. The molecular formula is C11H19Cl2N3OS. The van der Waals surface area contributed by atoms with Crippen LogP contribution in [0, 0.1) is 13.8 Å². The molecule has 4 nitrogen and oxygen atoms in total. The summed E-state index contributed by atoms with van der Waals surface area (Å²) in [7, 11) is 0. The van der Waals surface area contributed by atoms with E-state index >= 15 is 0 Å². The number of thiazole rings is 1. The molecule has 2 rings (SSSR count). The highest BCUT2D eigenvalue weighted by atomic mass is 35.5. The molecule has 1 N–H and O–H groups in total. The van der Waals surface area contributed by atoms with Crippen molar-refractivity contribution in [3.8, 4) is 0 Å². The number of piperazine rings is 1. The quantitative estimate of drug-likeness (QED) is 0.863. The van der Waals surface area contributed by atoms with E-state index in [0.29, 0.717) is 6.04 Å². The Kier molecular flexibility index (Phi) is 7.14. The average Bonchev–Trinajstić information content (AvgIpc) is 2.57. The zero-order valence-corrected chi connectivity index (χ0v) is 13.2. The van der Waals surface area contributed by atoms with Crippen LogP contribution in [0.15, 0.2) is 0 Å². The van der Waals surface area contributed by atoms with E-state index in [2.05, 4.69) is 17.2 Å². The molecule has 7 heteroatoms. The van der Waals surface area contributed by atoms with Crippen molar-refractivity contribution in [1.82, 2.24) is 15.2 Å². The van der Waals surface area contributed by atoms with Crippen molar-refractivity contribution < 1.29 is 4.79 Å². The fraction of sp³-hybridized carbons (Fsp3) is 0.636. The van der Waals surface area contributed by atoms with Crippen LogP contribution in [0.4, 0.5) is 0 Å². The Morgan fingerprint density at radius 2 is 2.11 bits per heavy atom. The number of nitrogens with one attached hydrogen (secondary N) is 1. The van der Waals surface area contributed by atoms with Crippen LogP contribution in [-0.4, -0.2) is 41.5 Å². The molecule has 1 aromatic heterocycles. The smallest absolute Gasteiger partial charge is 0.265 e. The first-order chi connectivity index (χ1) is 7.58. The van der Waals surface area contributed by atoms with E-state index in [1.54, 1.807) is 0 Å². The maximum absolute atomic E-state index is 12.2. The van der Waals surface area contributed by atoms with Crippen LogP contribution in [0.5, 0.6) is 0 Å². The Bertz CT molecular complexity index is 411. The first-order valence-electron chi connectivity index (χ1n) is 5.54. The molecule has 1 saturated heterocycles. The predicted molar refractivity (Wildman–Crippen MR) is 79.5 cm³/mol. The summed E-state index contributed by atoms with van der Waals surface area (Å²) in [4.78, 5) is 19.3. The molecule has 1 atom stereocenters. The summed E-state index contributed by atoms with van der Waals surface area (Å²) in [5.74, 6) is 0.136. The molecule has 0 bridgehead atoms.